The predicted octanol–water partition coefficient (Wildman–Crippen LogP) is 3.35. The lowest BCUT2D eigenvalue weighted by Crippen LogP contribution is -2.37. The van der Waals surface area contributed by atoms with E-state index in [9.17, 15) is 4.79 Å². The molecule has 1 aliphatic rings. The maximum atomic E-state index is 12.5. The number of benzene rings is 1. The molecule has 0 aliphatic carbocycles. The average Bonchev–Trinajstić information content (AvgIpc) is 3.02. The molecule has 3 heteroatoms. The number of amides is 1. The Bertz CT molecular complexity index is 581. The summed E-state index contributed by atoms with van der Waals surface area (Å²) >= 11 is 0. The standard InChI is InChI=1S/C17H20N2O/c1-14-7-11-19(12-8-14)17(20)15-5-4-6-16(13-15)18-9-2-3-10-18/h2-6,9-10,13-14H,7-8,11-12H2,1H3. The van der Waals surface area contributed by atoms with Gasteiger partial charge in [0.05, 0.1) is 0 Å². The number of hydrogen-bond donors (Lipinski definition) is 0. The number of piperidine rings is 1. The van der Waals surface area contributed by atoms with Crippen LogP contribution < -0.4 is 0 Å². The number of rotatable bonds is 2. The minimum Gasteiger partial charge on any atom is -0.339 e. The number of carbonyl (C=O) groups is 1. The van der Waals surface area contributed by atoms with Gasteiger partial charge >= 0.3 is 0 Å². The molecular weight excluding hydrogens is 248 g/mol. The Balaban J connectivity index is 1.80. The molecule has 1 aromatic carbocycles. The summed E-state index contributed by atoms with van der Waals surface area (Å²) in [6, 6.07) is 11.8. The molecule has 0 spiro atoms. The summed E-state index contributed by atoms with van der Waals surface area (Å²) in [5, 5.41) is 0. The Kier molecular flexibility index (Phi) is 3.59. The molecule has 0 N–H and O–H groups in total. The van der Waals surface area contributed by atoms with E-state index < -0.39 is 0 Å². The minimum atomic E-state index is 0.158. The van der Waals surface area contributed by atoms with Gasteiger partial charge in [-0.2, -0.15) is 0 Å². The van der Waals surface area contributed by atoms with Crippen molar-refractivity contribution in [2.24, 2.45) is 5.92 Å². The van der Waals surface area contributed by atoms with E-state index in [4.69, 9.17) is 0 Å². The zero-order valence-electron chi connectivity index (χ0n) is 11.8. The van der Waals surface area contributed by atoms with Gasteiger partial charge in [-0.15, -0.1) is 0 Å². The van der Waals surface area contributed by atoms with Gasteiger partial charge in [0.15, 0.2) is 0 Å². The average molecular weight is 268 g/mol. The zero-order valence-corrected chi connectivity index (χ0v) is 11.8. The second kappa shape index (κ2) is 5.53. The number of carbonyl (C=O) groups excluding carboxylic acids is 1. The Morgan fingerprint density at radius 2 is 1.80 bits per heavy atom. The molecule has 1 aliphatic heterocycles. The third kappa shape index (κ3) is 2.62. The lowest BCUT2D eigenvalue weighted by molar-refractivity contribution is 0.0697. The van der Waals surface area contributed by atoms with Crippen LogP contribution in [-0.2, 0) is 0 Å². The van der Waals surface area contributed by atoms with Crippen LogP contribution in [0.5, 0.6) is 0 Å². The van der Waals surface area contributed by atoms with E-state index in [1.165, 1.54) is 0 Å². The van der Waals surface area contributed by atoms with E-state index in [0.717, 1.165) is 43.1 Å². The van der Waals surface area contributed by atoms with Crippen molar-refractivity contribution in [3.63, 3.8) is 0 Å². The summed E-state index contributed by atoms with van der Waals surface area (Å²) in [7, 11) is 0. The molecule has 1 saturated heterocycles. The zero-order chi connectivity index (χ0) is 13.9. The Morgan fingerprint density at radius 3 is 2.50 bits per heavy atom. The molecule has 0 radical (unpaired) electrons. The maximum absolute atomic E-state index is 12.5. The molecular formula is C17H20N2O. The van der Waals surface area contributed by atoms with Crippen LogP contribution in [0.2, 0.25) is 0 Å². The fourth-order valence-electron chi connectivity index (χ4n) is 2.70. The van der Waals surface area contributed by atoms with E-state index in [1.807, 2.05) is 58.3 Å². The highest BCUT2D eigenvalue weighted by atomic mass is 16.2. The first-order valence-electron chi connectivity index (χ1n) is 7.27. The van der Waals surface area contributed by atoms with E-state index in [0.29, 0.717) is 0 Å². The van der Waals surface area contributed by atoms with E-state index >= 15 is 0 Å². The number of likely N-dealkylation sites (tertiary alicyclic amines) is 1. The van der Waals surface area contributed by atoms with Gasteiger partial charge in [-0.05, 0) is 49.1 Å². The van der Waals surface area contributed by atoms with Crippen LogP contribution >= 0.6 is 0 Å². The highest BCUT2D eigenvalue weighted by Gasteiger charge is 2.21. The second-order valence-corrected chi connectivity index (χ2v) is 5.62. The molecule has 2 heterocycles. The van der Waals surface area contributed by atoms with Crippen LogP contribution in [0.3, 0.4) is 0 Å². The molecule has 104 valence electrons. The van der Waals surface area contributed by atoms with Crippen molar-refractivity contribution in [1.29, 1.82) is 0 Å². The normalized spacial score (nSPS) is 16.4. The molecule has 1 fully saturated rings. The Hall–Kier alpha value is -2.03. The van der Waals surface area contributed by atoms with Crippen LogP contribution in [0, 0.1) is 5.92 Å². The van der Waals surface area contributed by atoms with Crippen molar-refractivity contribution >= 4 is 5.91 Å². The molecule has 1 amide bonds. The highest BCUT2D eigenvalue weighted by molar-refractivity contribution is 5.94. The van der Waals surface area contributed by atoms with Crippen LogP contribution in [0.1, 0.15) is 30.1 Å². The lowest BCUT2D eigenvalue weighted by Gasteiger charge is -2.30. The fraction of sp³-hybridized carbons (Fsp3) is 0.353. The molecule has 3 rings (SSSR count). The third-order valence-corrected chi connectivity index (χ3v) is 4.07. The van der Waals surface area contributed by atoms with Gasteiger partial charge < -0.3 is 9.47 Å². The van der Waals surface area contributed by atoms with Crippen molar-refractivity contribution in [3.05, 3.63) is 54.4 Å². The SMILES string of the molecule is CC1CCN(C(=O)c2cccc(-n3cccc3)c2)CC1. The van der Waals surface area contributed by atoms with Gasteiger partial charge in [-0.3, -0.25) is 4.79 Å². The largest absolute Gasteiger partial charge is 0.339 e. The smallest absolute Gasteiger partial charge is 0.253 e. The van der Waals surface area contributed by atoms with Gasteiger partial charge in [0.25, 0.3) is 5.91 Å². The van der Waals surface area contributed by atoms with E-state index in [1.54, 1.807) is 0 Å². The van der Waals surface area contributed by atoms with Crippen LogP contribution in [-0.4, -0.2) is 28.5 Å². The first kappa shape index (κ1) is 13.0. The van der Waals surface area contributed by atoms with Crippen molar-refractivity contribution in [3.8, 4) is 5.69 Å². The molecule has 2 aromatic rings. The topological polar surface area (TPSA) is 25.2 Å². The predicted molar refractivity (Wildman–Crippen MR) is 80.1 cm³/mol. The molecule has 0 bridgehead atoms. The minimum absolute atomic E-state index is 0.158. The number of aromatic nitrogens is 1. The number of hydrogen-bond acceptors (Lipinski definition) is 1. The summed E-state index contributed by atoms with van der Waals surface area (Å²) < 4.78 is 2.02. The van der Waals surface area contributed by atoms with Crippen molar-refractivity contribution < 1.29 is 4.79 Å². The van der Waals surface area contributed by atoms with Gasteiger partial charge in [0.2, 0.25) is 0 Å². The monoisotopic (exact) mass is 268 g/mol. The maximum Gasteiger partial charge on any atom is 0.253 e. The summed E-state index contributed by atoms with van der Waals surface area (Å²) in [6.45, 7) is 4.02. The molecule has 1 aromatic heterocycles. The van der Waals surface area contributed by atoms with Crippen LogP contribution in [0.15, 0.2) is 48.8 Å². The second-order valence-electron chi connectivity index (χ2n) is 5.62. The fourth-order valence-corrected chi connectivity index (χ4v) is 2.70. The van der Waals surface area contributed by atoms with Gasteiger partial charge in [0, 0.05) is 36.7 Å². The van der Waals surface area contributed by atoms with Crippen molar-refractivity contribution in [2.75, 3.05) is 13.1 Å². The summed E-state index contributed by atoms with van der Waals surface area (Å²) in [4.78, 5) is 14.5. The quantitative estimate of drug-likeness (QED) is 0.820. The molecule has 0 atom stereocenters. The van der Waals surface area contributed by atoms with Crippen molar-refractivity contribution in [2.45, 2.75) is 19.8 Å². The Morgan fingerprint density at radius 1 is 1.10 bits per heavy atom. The molecule has 20 heavy (non-hydrogen) atoms. The van der Waals surface area contributed by atoms with Gasteiger partial charge in [0.1, 0.15) is 0 Å². The van der Waals surface area contributed by atoms with Gasteiger partial charge in [-0.25, -0.2) is 0 Å². The lowest BCUT2D eigenvalue weighted by atomic mass is 9.98. The van der Waals surface area contributed by atoms with Gasteiger partial charge in [-0.1, -0.05) is 13.0 Å². The summed E-state index contributed by atoms with van der Waals surface area (Å²) in [5.74, 6) is 0.899. The molecule has 3 nitrogen and oxygen atoms in total. The third-order valence-electron chi connectivity index (χ3n) is 4.07. The van der Waals surface area contributed by atoms with Crippen LogP contribution in [0.4, 0.5) is 0 Å². The number of nitrogens with zero attached hydrogens (tertiary/aromatic N) is 2. The van der Waals surface area contributed by atoms with E-state index in [-0.39, 0.29) is 5.91 Å². The molecule has 0 unspecified atom stereocenters. The first-order chi connectivity index (χ1) is 9.74. The highest BCUT2D eigenvalue weighted by Crippen LogP contribution is 2.19. The first-order valence-corrected chi connectivity index (χ1v) is 7.27. The summed E-state index contributed by atoms with van der Waals surface area (Å²) in [5.41, 5.74) is 1.82. The van der Waals surface area contributed by atoms with Crippen molar-refractivity contribution in [1.82, 2.24) is 9.47 Å². The van der Waals surface area contributed by atoms with Crippen LogP contribution in [0.25, 0.3) is 5.69 Å². The Labute approximate surface area is 119 Å². The summed E-state index contributed by atoms with van der Waals surface area (Å²) in [6.07, 6.45) is 6.21. The van der Waals surface area contributed by atoms with E-state index in [2.05, 4.69) is 6.92 Å². The molecule has 0 saturated carbocycles.